The molecule has 0 aliphatic carbocycles. The van der Waals surface area contributed by atoms with Gasteiger partial charge in [-0.15, -0.1) is 11.3 Å². The van der Waals surface area contributed by atoms with Crippen LogP contribution in [0, 0.1) is 13.7 Å². The van der Waals surface area contributed by atoms with E-state index < -0.39 is 11.0 Å². The fraction of sp³-hybridized carbons (Fsp3) is 0.222. The van der Waals surface area contributed by atoms with Gasteiger partial charge in [0.1, 0.15) is 0 Å². The van der Waals surface area contributed by atoms with Gasteiger partial charge in [0.15, 0.2) is 5.00 Å². The maximum absolute atomic E-state index is 10.9. The summed E-state index contributed by atoms with van der Waals surface area (Å²) in [5.74, 6) is 0. The topological polar surface area (TPSA) is 81.2 Å². The van der Waals surface area contributed by atoms with Crippen molar-refractivity contribution in [2.75, 3.05) is 0 Å². The van der Waals surface area contributed by atoms with Crippen LogP contribution in [0.1, 0.15) is 17.9 Å². The van der Waals surface area contributed by atoms with E-state index in [9.17, 15) is 15.2 Å². The molecule has 0 saturated heterocycles. The van der Waals surface area contributed by atoms with Crippen LogP contribution in [0.3, 0.4) is 0 Å². The summed E-state index contributed by atoms with van der Waals surface area (Å²) >= 11 is 3.25. The van der Waals surface area contributed by atoms with Gasteiger partial charge in [-0.25, -0.2) is 4.68 Å². The first-order valence-electron chi connectivity index (χ1n) is 4.65. The first kappa shape index (κ1) is 12.5. The second-order valence-electron chi connectivity index (χ2n) is 3.38. The lowest BCUT2D eigenvalue weighted by Crippen LogP contribution is -1.95. The lowest BCUT2D eigenvalue weighted by molar-refractivity contribution is -0.384. The molecule has 0 aromatic carbocycles. The Morgan fingerprint density at radius 3 is 2.88 bits per heavy atom. The van der Waals surface area contributed by atoms with Crippen molar-refractivity contribution < 1.29 is 10.0 Å². The molecule has 0 unspecified atom stereocenters. The molecule has 0 radical (unpaired) electrons. The Morgan fingerprint density at radius 2 is 2.41 bits per heavy atom. The summed E-state index contributed by atoms with van der Waals surface area (Å²) in [6.07, 6.45) is 2.60. The Kier molecular flexibility index (Phi) is 3.45. The fourth-order valence-electron chi connectivity index (χ4n) is 1.30. The Labute approximate surface area is 114 Å². The number of thiophene rings is 1. The lowest BCUT2D eigenvalue weighted by Gasteiger charge is -1.97. The highest BCUT2D eigenvalue weighted by atomic mass is 127. The van der Waals surface area contributed by atoms with E-state index in [2.05, 4.69) is 27.7 Å². The van der Waals surface area contributed by atoms with Gasteiger partial charge in [0, 0.05) is 17.1 Å². The van der Waals surface area contributed by atoms with Crippen LogP contribution in [0.25, 0.3) is 5.00 Å². The summed E-state index contributed by atoms with van der Waals surface area (Å²) in [4.78, 5) is 11.0. The molecule has 0 fully saturated rings. The Bertz CT molecular complexity index is 564. The summed E-state index contributed by atoms with van der Waals surface area (Å²) in [7, 11) is 0. The van der Waals surface area contributed by atoms with Crippen LogP contribution in [0.5, 0.6) is 0 Å². The Morgan fingerprint density at radius 1 is 1.71 bits per heavy atom. The molecule has 0 spiro atoms. The molecule has 0 saturated carbocycles. The van der Waals surface area contributed by atoms with E-state index in [-0.39, 0.29) is 5.69 Å². The van der Waals surface area contributed by atoms with Crippen molar-refractivity contribution in [1.29, 1.82) is 0 Å². The summed E-state index contributed by atoms with van der Waals surface area (Å²) in [6.45, 7) is 1.58. The van der Waals surface area contributed by atoms with Crippen LogP contribution in [-0.4, -0.2) is 19.8 Å². The first-order chi connectivity index (χ1) is 7.99. The maximum Gasteiger partial charge on any atom is 0.306 e. The number of nitro groups is 1. The fourth-order valence-corrected chi connectivity index (χ4v) is 2.69. The maximum atomic E-state index is 10.9. The van der Waals surface area contributed by atoms with Gasteiger partial charge in [-0.1, -0.05) is 0 Å². The van der Waals surface area contributed by atoms with E-state index in [0.29, 0.717) is 9.88 Å². The van der Waals surface area contributed by atoms with Gasteiger partial charge in [0.05, 0.1) is 20.8 Å². The predicted molar refractivity (Wildman–Crippen MR) is 71.4 cm³/mol. The van der Waals surface area contributed by atoms with Gasteiger partial charge in [0.2, 0.25) is 0 Å². The molecule has 2 heterocycles. The molecule has 1 N–H and O–H groups in total. The minimum Gasteiger partial charge on any atom is -0.388 e. The van der Waals surface area contributed by atoms with Crippen molar-refractivity contribution in [3.8, 4) is 5.00 Å². The normalized spacial score (nSPS) is 12.6. The Hall–Kier alpha value is -1.00. The third kappa shape index (κ3) is 2.48. The lowest BCUT2D eigenvalue weighted by atomic mass is 10.3. The average molecular weight is 365 g/mol. The second-order valence-corrected chi connectivity index (χ2v) is 5.68. The van der Waals surface area contributed by atoms with Crippen molar-refractivity contribution in [3.63, 3.8) is 0 Å². The number of aliphatic hydroxyl groups is 1. The highest BCUT2D eigenvalue weighted by Gasteiger charge is 2.22. The number of rotatable bonds is 3. The van der Waals surface area contributed by atoms with Crippen LogP contribution in [0.15, 0.2) is 18.5 Å². The Balaban J connectivity index is 2.55. The molecule has 17 heavy (non-hydrogen) atoms. The van der Waals surface area contributed by atoms with E-state index >= 15 is 0 Å². The number of hydrogen-bond acceptors (Lipinski definition) is 5. The van der Waals surface area contributed by atoms with Crippen LogP contribution >= 0.6 is 33.9 Å². The van der Waals surface area contributed by atoms with Crippen LogP contribution in [0.2, 0.25) is 0 Å². The first-order valence-corrected chi connectivity index (χ1v) is 6.55. The molecule has 6 nitrogen and oxygen atoms in total. The predicted octanol–water partition coefficient (Wildman–Crippen LogP) is 2.50. The largest absolute Gasteiger partial charge is 0.388 e. The van der Waals surface area contributed by atoms with Crippen molar-refractivity contribution in [3.05, 3.63) is 37.0 Å². The van der Waals surface area contributed by atoms with Gasteiger partial charge < -0.3 is 5.11 Å². The highest BCUT2D eigenvalue weighted by Crippen LogP contribution is 2.35. The van der Waals surface area contributed by atoms with Crippen molar-refractivity contribution in [1.82, 2.24) is 9.78 Å². The number of nitrogens with zero attached hydrogens (tertiary/aromatic N) is 3. The van der Waals surface area contributed by atoms with E-state index in [0.717, 1.165) is 3.57 Å². The van der Waals surface area contributed by atoms with E-state index in [1.54, 1.807) is 19.3 Å². The van der Waals surface area contributed by atoms with Crippen LogP contribution < -0.4 is 0 Å². The summed E-state index contributed by atoms with van der Waals surface area (Å²) in [5, 5.41) is 24.8. The SMILES string of the molecule is C[C@H](O)c1cc([N+](=O)[O-])c(-n2cc(I)cn2)s1. The molecule has 0 amide bonds. The molecule has 2 rings (SSSR count). The number of aromatic nitrogens is 2. The molecule has 1 atom stereocenters. The second kappa shape index (κ2) is 4.70. The molecule has 2 aromatic rings. The van der Waals surface area contributed by atoms with E-state index in [1.807, 2.05) is 0 Å². The zero-order valence-electron chi connectivity index (χ0n) is 8.70. The summed E-state index contributed by atoms with van der Waals surface area (Å²) in [5.41, 5.74) is -0.0367. The third-order valence-corrected chi connectivity index (χ3v) is 3.92. The quantitative estimate of drug-likeness (QED) is 0.515. The summed E-state index contributed by atoms with van der Waals surface area (Å²) in [6, 6.07) is 1.39. The summed E-state index contributed by atoms with van der Waals surface area (Å²) < 4.78 is 2.35. The molecular weight excluding hydrogens is 357 g/mol. The molecule has 0 aliphatic heterocycles. The molecule has 90 valence electrons. The average Bonchev–Trinajstić information content (AvgIpc) is 2.82. The van der Waals surface area contributed by atoms with Crippen LogP contribution in [0.4, 0.5) is 5.69 Å². The molecule has 2 aromatic heterocycles. The standard InChI is InChI=1S/C9H8IN3O3S/c1-5(14)8-2-7(13(15)16)9(17-8)12-4-6(10)3-11-12/h2-5,14H,1H3/t5-/m0/s1. The smallest absolute Gasteiger partial charge is 0.306 e. The molecule has 0 bridgehead atoms. The third-order valence-electron chi connectivity index (χ3n) is 2.08. The van der Waals surface area contributed by atoms with E-state index in [1.165, 1.54) is 22.1 Å². The zero-order chi connectivity index (χ0) is 12.6. The number of aliphatic hydroxyl groups excluding tert-OH is 1. The van der Waals surface area contributed by atoms with Crippen molar-refractivity contribution >= 4 is 39.6 Å². The van der Waals surface area contributed by atoms with Crippen LogP contribution in [-0.2, 0) is 0 Å². The minimum atomic E-state index is -0.720. The molecule has 8 heteroatoms. The van der Waals surface area contributed by atoms with E-state index in [4.69, 9.17) is 0 Å². The van der Waals surface area contributed by atoms with Gasteiger partial charge in [-0.2, -0.15) is 5.10 Å². The van der Waals surface area contributed by atoms with Gasteiger partial charge in [-0.05, 0) is 29.5 Å². The van der Waals surface area contributed by atoms with Gasteiger partial charge >= 0.3 is 5.69 Å². The van der Waals surface area contributed by atoms with Crippen molar-refractivity contribution in [2.45, 2.75) is 13.0 Å². The van der Waals surface area contributed by atoms with Crippen molar-refractivity contribution in [2.24, 2.45) is 0 Å². The highest BCUT2D eigenvalue weighted by molar-refractivity contribution is 14.1. The van der Waals surface area contributed by atoms with Gasteiger partial charge in [-0.3, -0.25) is 10.1 Å². The van der Waals surface area contributed by atoms with Gasteiger partial charge in [0.25, 0.3) is 0 Å². The minimum absolute atomic E-state index is 0.0367. The molecule has 0 aliphatic rings. The monoisotopic (exact) mass is 365 g/mol. The number of halogens is 1. The number of hydrogen-bond donors (Lipinski definition) is 1. The zero-order valence-corrected chi connectivity index (χ0v) is 11.7. The molecular formula is C9H8IN3O3S.